The van der Waals surface area contributed by atoms with Crippen LogP contribution in [0.25, 0.3) is 0 Å². The van der Waals surface area contributed by atoms with Crippen LogP contribution in [0.3, 0.4) is 0 Å². The predicted octanol–water partition coefficient (Wildman–Crippen LogP) is 3.15. The van der Waals surface area contributed by atoms with E-state index in [-0.39, 0.29) is 11.9 Å². The number of hydrogen-bond donors (Lipinski definition) is 1. The summed E-state index contributed by atoms with van der Waals surface area (Å²) < 4.78 is 0.832. The lowest BCUT2D eigenvalue weighted by Gasteiger charge is -2.20. The topological polar surface area (TPSA) is 42.0 Å². The number of hydrogen-bond acceptors (Lipinski definition) is 2. The van der Waals surface area contributed by atoms with Gasteiger partial charge in [0.25, 0.3) is 5.91 Å². The number of carbonyl (C=O) groups is 1. The summed E-state index contributed by atoms with van der Waals surface area (Å²) in [6.45, 7) is 2.10. The van der Waals surface area contributed by atoms with E-state index in [4.69, 9.17) is 0 Å². The van der Waals surface area contributed by atoms with Gasteiger partial charge in [0.1, 0.15) is 0 Å². The molecule has 0 spiro atoms. The van der Waals surface area contributed by atoms with E-state index in [1.807, 2.05) is 0 Å². The molecule has 1 atom stereocenters. The molecular formula is C13H17BrN2O. The summed E-state index contributed by atoms with van der Waals surface area (Å²) in [5, 5.41) is 3.07. The molecule has 0 aromatic carbocycles. The van der Waals surface area contributed by atoms with E-state index < -0.39 is 0 Å². The normalized spacial score (nSPS) is 18.0. The summed E-state index contributed by atoms with van der Waals surface area (Å²) in [4.78, 5) is 16.0. The van der Waals surface area contributed by atoms with Gasteiger partial charge in [0, 0.05) is 22.9 Å². The SMILES string of the molecule is CC(NC(=O)c1cncc(Br)c1)C1CCCC1. The Balaban J connectivity index is 1.96. The first kappa shape index (κ1) is 12.6. The van der Waals surface area contributed by atoms with Gasteiger partial charge in [-0.25, -0.2) is 0 Å². The molecule has 1 fully saturated rings. The van der Waals surface area contributed by atoms with Gasteiger partial charge < -0.3 is 5.32 Å². The molecular weight excluding hydrogens is 280 g/mol. The molecule has 1 N–H and O–H groups in total. The lowest BCUT2D eigenvalue weighted by atomic mass is 9.99. The summed E-state index contributed by atoms with van der Waals surface area (Å²) >= 11 is 3.32. The first-order valence-corrected chi connectivity index (χ1v) is 6.87. The van der Waals surface area contributed by atoms with Gasteiger partial charge in [-0.2, -0.15) is 0 Å². The van der Waals surface area contributed by atoms with E-state index in [0.717, 1.165) is 4.47 Å². The van der Waals surface area contributed by atoms with Crippen LogP contribution in [0.1, 0.15) is 43.0 Å². The Hall–Kier alpha value is -0.900. The smallest absolute Gasteiger partial charge is 0.253 e. The van der Waals surface area contributed by atoms with Crippen LogP contribution in [0, 0.1) is 5.92 Å². The third-order valence-electron chi connectivity index (χ3n) is 3.43. The number of amides is 1. The molecule has 1 aliphatic carbocycles. The van der Waals surface area contributed by atoms with Crippen molar-refractivity contribution in [1.82, 2.24) is 10.3 Å². The lowest BCUT2D eigenvalue weighted by molar-refractivity contribution is 0.0927. The van der Waals surface area contributed by atoms with Gasteiger partial charge in [0.2, 0.25) is 0 Å². The van der Waals surface area contributed by atoms with E-state index in [0.29, 0.717) is 11.5 Å². The predicted molar refractivity (Wildman–Crippen MR) is 70.8 cm³/mol. The minimum absolute atomic E-state index is 0.0294. The van der Waals surface area contributed by atoms with Gasteiger partial charge >= 0.3 is 0 Å². The fourth-order valence-corrected chi connectivity index (χ4v) is 2.77. The highest BCUT2D eigenvalue weighted by atomic mass is 79.9. The lowest BCUT2D eigenvalue weighted by Crippen LogP contribution is -2.37. The molecule has 0 aliphatic heterocycles. The Labute approximate surface area is 110 Å². The van der Waals surface area contributed by atoms with Crippen molar-refractivity contribution < 1.29 is 4.79 Å². The molecule has 0 bridgehead atoms. The Kier molecular flexibility index (Phi) is 4.15. The molecule has 3 nitrogen and oxygen atoms in total. The number of nitrogens with zero attached hydrogens (tertiary/aromatic N) is 1. The molecule has 0 saturated heterocycles. The second kappa shape index (κ2) is 5.63. The highest BCUT2D eigenvalue weighted by Crippen LogP contribution is 2.27. The van der Waals surface area contributed by atoms with Crippen LogP contribution >= 0.6 is 15.9 Å². The van der Waals surface area contributed by atoms with Gasteiger partial charge in [-0.1, -0.05) is 12.8 Å². The minimum Gasteiger partial charge on any atom is -0.349 e. The zero-order valence-corrected chi connectivity index (χ0v) is 11.5. The average Bonchev–Trinajstić information content (AvgIpc) is 2.82. The highest BCUT2D eigenvalue weighted by molar-refractivity contribution is 9.10. The molecule has 0 radical (unpaired) electrons. The van der Waals surface area contributed by atoms with Crippen LogP contribution < -0.4 is 5.32 Å². The molecule has 1 aromatic heterocycles. The molecule has 1 aliphatic rings. The van der Waals surface area contributed by atoms with Crippen molar-refractivity contribution in [2.75, 3.05) is 0 Å². The first-order valence-electron chi connectivity index (χ1n) is 6.08. The van der Waals surface area contributed by atoms with Gasteiger partial charge in [-0.15, -0.1) is 0 Å². The monoisotopic (exact) mass is 296 g/mol. The standard InChI is InChI=1S/C13H17BrN2O/c1-9(10-4-2-3-5-10)16-13(17)11-6-12(14)8-15-7-11/h6-10H,2-5H2,1H3,(H,16,17). The van der Waals surface area contributed by atoms with Crippen molar-refractivity contribution in [3.05, 3.63) is 28.5 Å². The van der Waals surface area contributed by atoms with Gasteiger partial charge in [0.05, 0.1) is 5.56 Å². The molecule has 17 heavy (non-hydrogen) atoms. The largest absolute Gasteiger partial charge is 0.349 e. The number of pyridine rings is 1. The maximum atomic E-state index is 12.0. The number of aromatic nitrogens is 1. The second-order valence-corrected chi connectivity index (χ2v) is 5.61. The molecule has 1 amide bonds. The second-order valence-electron chi connectivity index (χ2n) is 4.70. The molecule has 2 rings (SSSR count). The Morgan fingerprint density at radius 3 is 2.82 bits per heavy atom. The van der Waals surface area contributed by atoms with Crippen molar-refractivity contribution in [3.8, 4) is 0 Å². The van der Waals surface area contributed by atoms with Crippen LogP contribution in [-0.4, -0.2) is 16.9 Å². The molecule has 1 heterocycles. The third kappa shape index (κ3) is 3.28. The van der Waals surface area contributed by atoms with Crippen LogP contribution in [0.15, 0.2) is 22.9 Å². The van der Waals surface area contributed by atoms with E-state index in [1.54, 1.807) is 18.5 Å². The fourth-order valence-electron chi connectivity index (χ4n) is 2.40. The summed E-state index contributed by atoms with van der Waals surface area (Å²) in [6, 6.07) is 2.05. The van der Waals surface area contributed by atoms with Crippen LogP contribution in [0.4, 0.5) is 0 Å². The first-order chi connectivity index (χ1) is 8.16. The zero-order valence-electron chi connectivity index (χ0n) is 9.95. The Morgan fingerprint density at radius 1 is 1.47 bits per heavy atom. The van der Waals surface area contributed by atoms with Crippen molar-refractivity contribution in [2.24, 2.45) is 5.92 Å². The van der Waals surface area contributed by atoms with Crippen LogP contribution in [0.5, 0.6) is 0 Å². The van der Waals surface area contributed by atoms with E-state index in [2.05, 4.69) is 33.2 Å². The zero-order chi connectivity index (χ0) is 12.3. The summed E-state index contributed by atoms with van der Waals surface area (Å²) in [5.41, 5.74) is 0.615. The Bertz CT molecular complexity index is 402. The summed E-state index contributed by atoms with van der Waals surface area (Å²) in [6.07, 6.45) is 8.33. The summed E-state index contributed by atoms with van der Waals surface area (Å²) in [7, 11) is 0. The maximum Gasteiger partial charge on any atom is 0.253 e. The number of rotatable bonds is 3. The van der Waals surface area contributed by atoms with Gasteiger partial charge in [0.15, 0.2) is 0 Å². The summed E-state index contributed by atoms with van der Waals surface area (Å²) in [5.74, 6) is 0.609. The van der Waals surface area contributed by atoms with Gasteiger partial charge in [-0.05, 0) is 47.7 Å². The van der Waals surface area contributed by atoms with Crippen molar-refractivity contribution in [2.45, 2.75) is 38.6 Å². The van der Waals surface area contributed by atoms with Crippen molar-refractivity contribution >= 4 is 21.8 Å². The molecule has 92 valence electrons. The number of nitrogens with one attached hydrogen (secondary N) is 1. The molecule has 1 saturated carbocycles. The number of halogens is 1. The van der Waals surface area contributed by atoms with E-state index in [9.17, 15) is 4.79 Å². The molecule has 4 heteroatoms. The highest BCUT2D eigenvalue weighted by Gasteiger charge is 2.23. The van der Waals surface area contributed by atoms with Gasteiger partial charge in [-0.3, -0.25) is 9.78 Å². The van der Waals surface area contributed by atoms with Crippen LogP contribution in [0.2, 0.25) is 0 Å². The van der Waals surface area contributed by atoms with Crippen LogP contribution in [-0.2, 0) is 0 Å². The maximum absolute atomic E-state index is 12.0. The van der Waals surface area contributed by atoms with E-state index in [1.165, 1.54) is 25.7 Å². The fraction of sp³-hybridized carbons (Fsp3) is 0.538. The minimum atomic E-state index is -0.0294. The van der Waals surface area contributed by atoms with Crippen molar-refractivity contribution in [1.29, 1.82) is 0 Å². The van der Waals surface area contributed by atoms with Crippen molar-refractivity contribution in [3.63, 3.8) is 0 Å². The average molecular weight is 297 g/mol. The Morgan fingerprint density at radius 2 is 2.18 bits per heavy atom. The number of carbonyl (C=O) groups excluding carboxylic acids is 1. The molecule has 1 unspecified atom stereocenters. The molecule has 1 aromatic rings. The van der Waals surface area contributed by atoms with E-state index >= 15 is 0 Å². The third-order valence-corrected chi connectivity index (χ3v) is 3.87. The quantitative estimate of drug-likeness (QED) is 0.931.